The maximum absolute atomic E-state index is 12.3. The van der Waals surface area contributed by atoms with E-state index >= 15 is 0 Å². The van der Waals surface area contributed by atoms with Gasteiger partial charge in [0.1, 0.15) is 5.75 Å². The number of sulfonamides is 1. The number of benzene rings is 1. The number of rotatable bonds is 7. The van der Waals surface area contributed by atoms with E-state index in [4.69, 9.17) is 9.47 Å². The summed E-state index contributed by atoms with van der Waals surface area (Å²) in [5, 5.41) is 2.71. The topological polar surface area (TPSA) is 93.7 Å². The van der Waals surface area contributed by atoms with Crippen LogP contribution in [0.5, 0.6) is 5.75 Å². The summed E-state index contributed by atoms with van der Waals surface area (Å²) in [5.74, 6) is 0.184. The molecule has 0 unspecified atom stereocenters. The van der Waals surface area contributed by atoms with Crippen LogP contribution in [0.1, 0.15) is 19.8 Å². The van der Waals surface area contributed by atoms with Crippen LogP contribution in [0.3, 0.4) is 0 Å². The molecule has 1 fully saturated rings. The molecule has 1 aromatic carbocycles. The van der Waals surface area contributed by atoms with E-state index < -0.39 is 16.1 Å². The van der Waals surface area contributed by atoms with E-state index in [1.165, 1.54) is 26.2 Å². The molecule has 0 aromatic heterocycles. The lowest BCUT2D eigenvalue weighted by Gasteiger charge is -2.16. The highest BCUT2D eigenvalue weighted by molar-refractivity contribution is 7.89. The predicted octanol–water partition coefficient (Wildman–Crippen LogP) is 0.657. The Morgan fingerprint density at radius 3 is 2.65 bits per heavy atom. The summed E-state index contributed by atoms with van der Waals surface area (Å²) in [5.41, 5.74) is 0. The highest BCUT2D eigenvalue weighted by Gasteiger charge is 2.23. The van der Waals surface area contributed by atoms with Crippen LogP contribution in [0.15, 0.2) is 29.2 Å². The van der Waals surface area contributed by atoms with Crippen molar-refractivity contribution < 1.29 is 22.7 Å². The third-order valence-corrected chi connectivity index (χ3v) is 5.18. The third-order valence-electron chi connectivity index (χ3n) is 3.62. The molecule has 8 heteroatoms. The number of carbonyl (C=O) groups excluding carboxylic acids is 1. The molecule has 1 amide bonds. The van der Waals surface area contributed by atoms with Gasteiger partial charge in [-0.2, -0.15) is 4.72 Å². The van der Waals surface area contributed by atoms with Crippen LogP contribution in [0.25, 0.3) is 0 Å². The van der Waals surface area contributed by atoms with Crippen LogP contribution < -0.4 is 14.8 Å². The van der Waals surface area contributed by atoms with Crippen LogP contribution >= 0.6 is 0 Å². The quantitative estimate of drug-likeness (QED) is 0.759. The second-order valence-corrected chi connectivity index (χ2v) is 7.11. The molecule has 2 rings (SSSR count). The number of ether oxygens (including phenoxy) is 2. The van der Waals surface area contributed by atoms with Gasteiger partial charge in [0, 0.05) is 13.2 Å². The van der Waals surface area contributed by atoms with Gasteiger partial charge in [-0.05, 0) is 44.0 Å². The summed E-state index contributed by atoms with van der Waals surface area (Å²) < 4.78 is 37.3. The highest BCUT2D eigenvalue weighted by atomic mass is 32.2. The first-order chi connectivity index (χ1) is 10.9. The molecule has 0 radical (unpaired) electrons. The van der Waals surface area contributed by atoms with Crippen molar-refractivity contribution in [3.63, 3.8) is 0 Å². The highest BCUT2D eigenvalue weighted by Crippen LogP contribution is 2.15. The summed E-state index contributed by atoms with van der Waals surface area (Å²) in [7, 11) is -2.26. The molecular formula is C15H22N2O5S. The molecule has 1 aliphatic rings. The van der Waals surface area contributed by atoms with E-state index in [-0.39, 0.29) is 16.9 Å². The smallest absolute Gasteiger partial charge is 0.241 e. The summed E-state index contributed by atoms with van der Waals surface area (Å²) in [4.78, 5) is 12.1. The van der Waals surface area contributed by atoms with Gasteiger partial charge in [-0.3, -0.25) is 4.79 Å². The number of carbonyl (C=O) groups is 1. The molecule has 128 valence electrons. The molecule has 1 aromatic rings. The number of nitrogens with one attached hydrogen (secondary N) is 2. The number of methoxy groups -OCH3 is 1. The van der Waals surface area contributed by atoms with Crippen molar-refractivity contribution in [3.8, 4) is 5.75 Å². The van der Waals surface area contributed by atoms with Gasteiger partial charge in [-0.15, -0.1) is 0 Å². The lowest BCUT2D eigenvalue weighted by molar-refractivity contribution is -0.122. The second kappa shape index (κ2) is 7.76. The third kappa shape index (κ3) is 4.92. The molecule has 0 spiro atoms. The first kappa shape index (κ1) is 17.7. The molecule has 1 saturated heterocycles. The summed E-state index contributed by atoms with van der Waals surface area (Å²) in [6, 6.07) is 5.09. The van der Waals surface area contributed by atoms with Gasteiger partial charge in [-0.1, -0.05) is 0 Å². The van der Waals surface area contributed by atoms with E-state index in [2.05, 4.69) is 10.0 Å². The lowest BCUT2D eigenvalue weighted by Crippen LogP contribution is -2.46. The number of amides is 1. The number of hydrogen-bond acceptors (Lipinski definition) is 5. The van der Waals surface area contributed by atoms with Crippen molar-refractivity contribution in [2.24, 2.45) is 0 Å². The fourth-order valence-corrected chi connectivity index (χ4v) is 3.48. The normalized spacial score (nSPS) is 19.3. The lowest BCUT2D eigenvalue weighted by atomic mass is 10.2. The average molecular weight is 342 g/mol. The van der Waals surface area contributed by atoms with Crippen molar-refractivity contribution >= 4 is 15.9 Å². The molecule has 0 aliphatic carbocycles. The molecular weight excluding hydrogens is 320 g/mol. The molecule has 2 N–H and O–H groups in total. The van der Waals surface area contributed by atoms with Crippen molar-refractivity contribution in [2.75, 3.05) is 20.3 Å². The first-order valence-corrected chi connectivity index (χ1v) is 8.96. The standard InChI is InChI=1S/C15H22N2O5S/c1-11(15(18)16-10-13-4-3-9-22-13)17-23(19,20)14-7-5-12(21-2)6-8-14/h5-8,11,13,17H,3-4,9-10H2,1-2H3,(H,16,18)/t11-,13-/m0/s1. The van der Waals surface area contributed by atoms with Crippen molar-refractivity contribution in [1.29, 1.82) is 0 Å². The molecule has 1 aliphatic heterocycles. The maximum atomic E-state index is 12.3. The Hall–Kier alpha value is -1.64. The Kier molecular flexibility index (Phi) is 5.97. The maximum Gasteiger partial charge on any atom is 0.241 e. The summed E-state index contributed by atoms with van der Waals surface area (Å²) in [6.07, 6.45) is 1.91. The molecule has 2 atom stereocenters. The largest absolute Gasteiger partial charge is 0.497 e. The van der Waals surface area contributed by atoms with E-state index in [9.17, 15) is 13.2 Å². The zero-order valence-electron chi connectivity index (χ0n) is 13.2. The van der Waals surface area contributed by atoms with Crippen LogP contribution in [0.4, 0.5) is 0 Å². The Bertz CT molecular complexity index is 624. The Balaban J connectivity index is 1.91. The fraction of sp³-hybridized carbons (Fsp3) is 0.533. The molecule has 7 nitrogen and oxygen atoms in total. The molecule has 23 heavy (non-hydrogen) atoms. The summed E-state index contributed by atoms with van der Waals surface area (Å²) in [6.45, 7) is 2.61. The van der Waals surface area contributed by atoms with Gasteiger partial charge in [0.25, 0.3) is 0 Å². The average Bonchev–Trinajstić information content (AvgIpc) is 3.05. The Morgan fingerprint density at radius 2 is 2.09 bits per heavy atom. The first-order valence-electron chi connectivity index (χ1n) is 7.48. The van der Waals surface area contributed by atoms with E-state index in [1.807, 2.05) is 0 Å². The van der Waals surface area contributed by atoms with Crippen molar-refractivity contribution in [1.82, 2.24) is 10.0 Å². The zero-order valence-corrected chi connectivity index (χ0v) is 14.1. The van der Waals surface area contributed by atoms with Crippen LogP contribution in [0.2, 0.25) is 0 Å². The monoisotopic (exact) mass is 342 g/mol. The Labute approximate surface area is 136 Å². The van der Waals surface area contributed by atoms with Gasteiger partial charge < -0.3 is 14.8 Å². The van der Waals surface area contributed by atoms with Gasteiger partial charge in [-0.25, -0.2) is 8.42 Å². The van der Waals surface area contributed by atoms with Gasteiger partial charge >= 0.3 is 0 Å². The van der Waals surface area contributed by atoms with Crippen LogP contribution in [0, 0.1) is 0 Å². The number of hydrogen-bond donors (Lipinski definition) is 2. The van der Waals surface area contributed by atoms with E-state index in [1.54, 1.807) is 12.1 Å². The minimum absolute atomic E-state index is 0.0179. The van der Waals surface area contributed by atoms with Crippen LogP contribution in [-0.4, -0.2) is 46.7 Å². The predicted molar refractivity (Wildman–Crippen MR) is 84.8 cm³/mol. The van der Waals surface area contributed by atoms with Gasteiger partial charge in [0.2, 0.25) is 15.9 Å². The van der Waals surface area contributed by atoms with Gasteiger partial charge in [0.15, 0.2) is 0 Å². The van der Waals surface area contributed by atoms with Gasteiger partial charge in [0.05, 0.1) is 24.2 Å². The minimum Gasteiger partial charge on any atom is -0.497 e. The van der Waals surface area contributed by atoms with Crippen molar-refractivity contribution in [3.05, 3.63) is 24.3 Å². The molecule has 0 bridgehead atoms. The summed E-state index contributed by atoms with van der Waals surface area (Å²) >= 11 is 0. The van der Waals surface area contributed by atoms with E-state index in [0.717, 1.165) is 12.8 Å². The minimum atomic E-state index is -3.76. The second-order valence-electron chi connectivity index (χ2n) is 5.40. The fourth-order valence-electron chi connectivity index (χ4n) is 2.28. The SMILES string of the molecule is COc1ccc(S(=O)(=O)N[C@@H](C)C(=O)NC[C@@H]2CCCO2)cc1. The molecule has 0 saturated carbocycles. The van der Waals surface area contributed by atoms with E-state index in [0.29, 0.717) is 18.9 Å². The van der Waals surface area contributed by atoms with Crippen LogP contribution in [-0.2, 0) is 19.6 Å². The molecule has 1 heterocycles. The zero-order chi connectivity index (χ0) is 16.9. The Morgan fingerprint density at radius 1 is 1.39 bits per heavy atom. The van der Waals surface area contributed by atoms with Crippen molar-refractivity contribution in [2.45, 2.75) is 36.8 Å².